The number of benzene rings is 1. The van der Waals surface area contributed by atoms with Crippen LogP contribution in [0.15, 0.2) is 36.4 Å². The summed E-state index contributed by atoms with van der Waals surface area (Å²) in [4.78, 5) is 0. The molecule has 2 radical (unpaired) electrons. The first-order chi connectivity index (χ1) is 7.54. The molecule has 0 fully saturated rings. The van der Waals surface area contributed by atoms with Crippen LogP contribution in [0.3, 0.4) is 0 Å². The summed E-state index contributed by atoms with van der Waals surface area (Å²) >= 11 is 5.44. The molecule has 86 valence electrons. The van der Waals surface area contributed by atoms with Crippen LogP contribution in [-0.4, -0.2) is 15.4 Å². The average molecular weight is 263 g/mol. The minimum Gasteiger partial charge on any atom is -0.166 e. The van der Waals surface area contributed by atoms with Gasteiger partial charge in [-0.2, -0.15) is 13.2 Å². The van der Waals surface area contributed by atoms with E-state index in [1.54, 1.807) is 12.1 Å². The van der Waals surface area contributed by atoms with Gasteiger partial charge in [-0.15, -0.1) is 11.6 Å². The third kappa shape index (κ3) is 4.41. The van der Waals surface area contributed by atoms with Crippen molar-refractivity contribution in [2.24, 2.45) is 0 Å². The van der Waals surface area contributed by atoms with Gasteiger partial charge in [-0.05, 0) is 6.04 Å². The van der Waals surface area contributed by atoms with E-state index < -0.39 is 11.7 Å². The van der Waals surface area contributed by atoms with E-state index in [0.717, 1.165) is 12.1 Å². The predicted molar refractivity (Wildman–Crippen MR) is 61.5 cm³/mol. The van der Waals surface area contributed by atoms with Crippen LogP contribution in [0, 0.1) is 0 Å². The molecule has 0 amide bonds. The number of allylic oxidation sites excluding steroid dienone is 2. The van der Waals surface area contributed by atoms with E-state index in [0.29, 0.717) is 20.6 Å². The fraction of sp³-hybridized carbons (Fsp3) is 0.273. The lowest BCUT2D eigenvalue weighted by Crippen LogP contribution is -2.16. The lowest BCUT2D eigenvalue weighted by atomic mass is 10.2. The van der Waals surface area contributed by atoms with Crippen LogP contribution in [0.4, 0.5) is 13.2 Å². The maximum Gasteiger partial charge on any atom is 0.416 e. The third-order valence-electron chi connectivity index (χ3n) is 1.87. The van der Waals surface area contributed by atoms with Crippen molar-refractivity contribution in [2.45, 2.75) is 12.2 Å². The Morgan fingerprint density at radius 3 is 2.62 bits per heavy atom. The summed E-state index contributed by atoms with van der Waals surface area (Å²) in [5, 5.41) is 0.717. The van der Waals surface area contributed by atoms with Crippen LogP contribution in [0.25, 0.3) is 0 Å². The quantitative estimate of drug-likeness (QED) is 0.444. The number of rotatable bonds is 4. The maximum absolute atomic E-state index is 12.4. The van der Waals surface area contributed by atoms with Crippen molar-refractivity contribution in [1.82, 2.24) is 0 Å². The second-order valence-corrected chi connectivity index (χ2v) is 4.73. The number of hydrogen-bond donors (Lipinski definition) is 0. The molecule has 5 heteroatoms. The first-order valence-corrected chi connectivity index (χ1v) is 6.40. The highest BCUT2D eigenvalue weighted by Crippen LogP contribution is 2.27. The van der Waals surface area contributed by atoms with Crippen LogP contribution in [-0.2, 0) is 6.18 Å². The molecule has 0 heterocycles. The Labute approximate surface area is 99.9 Å². The maximum atomic E-state index is 12.4. The highest BCUT2D eigenvalue weighted by molar-refractivity contribution is 6.53. The Morgan fingerprint density at radius 2 is 2.00 bits per heavy atom. The summed E-state index contributed by atoms with van der Waals surface area (Å²) in [5.41, 5.74) is -0.584. The Kier molecular flexibility index (Phi) is 5.08. The van der Waals surface area contributed by atoms with Gasteiger partial charge in [-0.1, -0.05) is 41.6 Å². The lowest BCUT2D eigenvalue weighted by Gasteiger charge is -2.07. The molecule has 0 saturated carbocycles. The van der Waals surface area contributed by atoms with E-state index >= 15 is 0 Å². The normalized spacial score (nSPS) is 12.2. The molecule has 0 bridgehead atoms. The second-order valence-electron chi connectivity index (χ2n) is 3.09. The summed E-state index contributed by atoms with van der Waals surface area (Å²) in [6.07, 6.45) is -0.583. The topological polar surface area (TPSA) is 0 Å². The molecule has 0 aromatic heterocycles. The summed E-state index contributed by atoms with van der Waals surface area (Å²) in [5.74, 6) is 0.438. The van der Waals surface area contributed by atoms with E-state index in [1.807, 2.05) is 6.08 Å². The number of halogens is 4. The molecule has 0 atom stereocenters. The van der Waals surface area contributed by atoms with Gasteiger partial charge in [-0.25, -0.2) is 0 Å². The van der Waals surface area contributed by atoms with Crippen molar-refractivity contribution in [3.63, 3.8) is 0 Å². The zero-order valence-electron chi connectivity index (χ0n) is 8.39. The largest absolute Gasteiger partial charge is 0.416 e. The summed E-state index contributed by atoms with van der Waals surface area (Å²) < 4.78 is 37.1. The monoisotopic (exact) mass is 262 g/mol. The molecule has 16 heavy (non-hydrogen) atoms. The molecule has 0 aliphatic carbocycles. The Bertz CT molecular complexity index is 360. The van der Waals surface area contributed by atoms with Gasteiger partial charge in [0.1, 0.15) is 0 Å². The van der Waals surface area contributed by atoms with Crippen molar-refractivity contribution in [2.75, 3.05) is 5.88 Å². The Morgan fingerprint density at radius 1 is 1.25 bits per heavy atom. The molecule has 1 aromatic carbocycles. The third-order valence-corrected chi connectivity index (χ3v) is 3.21. The molecule has 0 saturated heterocycles. The minimum absolute atomic E-state index is 0.344. The Hall–Kier alpha value is -0.743. The van der Waals surface area contributed by atoms with Gasteiger partial charge in [0.05, 0.1) is 15.1 Å². The fourth-order valence-electron chi connectivity index (χ4n) is 1.13. The molecule has 1 rings (SSSR count). The van der Waals surface area contributed by atoms with Crippen LogP contribution in [0.1, 0.15) is 5.56 Å². The van der Waals surface area contributed by atoms with Crippen LogP contribution in [0.2, 0.25) is 6.04 Å². The zero-order chi connectivity index (χ0) is 12.0. The Balaban J connectivity index is 2.65. The molecule has 0 nitrogen and oxygen atoms in total. The van der Waals surface area contributed by atoms with Gasteiger partial charge in [0.2, 0.25) is 0 Å². The van der Waals surface area contributed by atoms with Crippen molar-refractivity contribution < 1.29 is 13.2 Å². The van der Waals surface area contributed by atoms with E-state index in [9.17, 15) is 13.2 Å². The minimum atomic E-state index is -4.26. The standard InChI is InChI=1S/C11H10ClF3Si/c12-6-1-2-7-16-10-5-3-4-9(8-10)11(13,14)15/h1-5,8H,6-7H2. The molecule has 0 N–H and O–H groups in total. The molecule has 0 aliphatic heterocycles. The molecule has 1 aromatic rings. The second kappa shape index (κ2) is 6.11. The summed E-state index contributed by atoms with van der Waals surface area (Å²) in [7, 11) is 0.344. The average Bonchev–Trinajstić information content (AvgIpc) is 2.24. The molecular weight excluding hydrogens is 253 g/mol. The van der Waals surface area contributed by atoms with E-state index in [-0.39, 0.29) is 0 Å². The molecule has 0 aliphatic rings. The molecule has 0 unspecified atom stereocenters. The van der Waals surface area contributed by atoms with Gasteiger partial charge in [0.25, 0.3) is 0 Å². The van der Waals surface area contributed by atoms with Gasteiger partial charge in [0.15, 0.2) is 0 Å². The first-order valence-electron chi connectivity index (χ1n) is 4.66. The lowest BCUT2D eigenvalue weighted by molar-refractivity contribution is -0.137. The first kappa shape index (κ1) is 13.3. The van der Waals surface area contributed by atoms with Crippen molar-refractivity contribution >= 4 is 26.3 Å². The smallest absolute Gasteiger partial charge is 0.166 e. The predicted octanol–water partition coefficient (Wildman–Crippen LogP) is 3.25. The van der Waals surface area contributed by atoms with E-state index in [2.05, 4.69) is 0 Å². The van der Waals surface area contributed by atoms with Crippen molar-refractivity contribution in [3.05, 3.63) is 42.0 Å². The summed E-state index contributed by atoms with van der Waals surface area (Å²) in [6.45, 7) is 0. The van der Waals surface area contributed by atoms with Gasteiger partial charge in [-0.3, -0.25) is 0 Å². The molecule has 0 spiro atoms. The number of hydrogen-bond acceptors (Lipinski definition) is 0. The molecular formula is C11H10ClF3Si. The van der Waals surface area contributed by atoms with Crippen molar-refractivity contribution in [1.29, 1.82) is 0 Å². The van der Waals surface area contributed by atoms with Crippen LogP contribution < -0.4 is 5.19 Å². The van der Waals surface area contributed by atoms with Crippen molar-refractivity contribution in [3.8, 4) is 0 Å². The fourth-order valence-corrected chi connectivity index (χ4v) is 2.25. The van der Waals surface area contributed by atoms with Gasteiger partial charge < -0.3 is 0 Å². The zero-order valence-corrected chi connectivity index (χ0v) is 10.1. The SMILES string of the molecule is FC(F)(F)c1cccc([Si]CC=CCCl)c1. The van der Waals surface area contributed by atoms with E-state index in [1.165, 1.54) is 12.1 Å². The summed E-state index contributed by atoms with van der Waals surface area (Å²) in [6, 6.07) is 6.17. The van der Waals surface area contributed by atoms with Gasteiger partial charge >= 0.3 is 6.18 Å². The van der Waals surface area contributed by atoms with E-state index in [4.69, 9.17) is 11.6 Å². The number of alkyl halides is 4. The highest BCUT2D eigenvalue weighted by Gasteiger charge is 2.30. The van der Waals surface area contributed by atoms with Gasteiger partial charge in [0, 0.05) is 5.88 Å². The van der Waals surface area contributed by atoms with Crippen LogP contribution >= 0.6 is 11.6 Å². The van der Waals surface area contributed by atoms with Crippen LogP contribution in [0.5, 0.6) is 0 Å². The highest BCUT2D eigenvalue weighted by atomic mass is 35.5.